The lowest BCUT2D eigenvalue weighted by Gasteiger charge is -2.22. The molecule has 1 saturated heterocycles. The van der Waals surface area contributed by atoms with Crippen LogP contribution in [0.25, 0.3) is 0 Å². The van der Waals surface area contributed by atoms with Crippen LogP contribution in [-0.2, 0) is 11.2 Å². The third-order valence-electron chi connectivity index (χ3n) is 4.08. The van der Waals surface area contributed by atoms with Gasteiger partial charge in [-0.2, -0.15) is 0 Å². The van der Waals surface area contributed by atoms with Gasteiger partial charge in [0.25, 0.3) is 0 Å². The summed E-state index contributed by atoms with van der Waals surface area (Å²) in [7, 11) is 0. The van der Waals surface area contributed by atoms with Crippen LogP contribution in [0.15, 0.2) is 28.7 Å². The monoisotopic (exact) mass is 352 g/mol. The summed E-state index contributed by atoms with van der Waals surface area (Å²) in [5.74, 6) is 0.911. The Kier molecular flexibility index (Phi) is 6.71. The summed E-state index contributed by atoms with van der Waals surface area (Å²) in [6.45, 7) is 4.28. The Balaban J connectivity index is 1.69. The van der Waals surface area contributed by atoms with E-state index in [9.17, 15) is 4.79 Å². The zero-order valence-corrected chi connectivity index (χ0v) is 14.3. The van der Waals surface area contributed by atoms with Gasteiger partial charge in [-0.1, -0.05) is 28.1 Å². The van der Waals surface area contributed by atoms with Crippen LogP contribution in [0.1, 0.15) is 38.2 Å². The highest BCUT2D eigenvalue weighted by Gasteiger charge is 2.15. The van der Waals surface area contributed by atoms with Gasteiger partial charge < -0.3 is 10.6 Å². The summed E-state index contributed by atoms with van der Waals surface area (Å²) >= 11 is 3.48. The molecule has 0 spiro atoms. The van der Waals surface area contributed by atoms with E-state index in [1.54, 1.807) is 0 Å². The standard InChI is InChI=1S/C17H25BrN2O/c1-13(11-15-3-2-4-16(18)12-15)20-17(21)6-5-14-7-9-19-10-8-14/h2-4,12-14,19H,5-11H2,1H3,(H,20,21). The predicted molar refractivity (Wildman–Crippen MR) is 90.3 cm³/mol. The SMILES string of the molecule is CC(Cc1cccc(Br)c1)NC(=O)CCC1CCNCC1. The highest BCUT2D eigenvalue weighted by Crippen LogP contribution is 2.17. The van der Waals surface area contributed by atoms with E-state index in [0.717, 1.165) is 36.3 Å². The largest absolute Gasteiger partial charge is 0.353 e. The van der Waals surface area contributed by atoms with Crippen molar-refractivity contribution in [2.75, 3.05) is 13.1 Å². The van der Waals surface area contributed by atoms with Crippen molar-refractivity contribution in [3.63, 3.8) is 0 Å². The third-order valence-corrected chi connectivity index (χ3v) is 4.57. The van der Waals surface area contributed by atoms with E-state index in [4.69, 9.17) is 0 Å². The van der Waals surface area contributed by atoms with E-state index in [-0.39, 0.29) is 11.9 Å². The van der Waals surface area contributed by atoms with Gasteiger partial charge in [-0.25, -0.2) is 0 Å². The first-order valence-corrected chi connectivity index (χ1v) is 8.67. The van der Waals surface area contributed by atoms with Crippen LogP contribution < -0.4 is 10.6 Å². The summed E-state index contributed by atoms with van der Waals surface area (Å²) in [6, 6.07) is 8.44. The lowest BCUT2D eigenvalue weighted by Crippen LogP contribution is -2.35. The molecule has 1 aliphatic heterocycles. The number of piperidine rings is 1. The van der Waals surface area contributed by atoms with Gasteiger partial charge in [-0.3, -0.25) is 4.79 Å². The number of benzene rings is 1. The third kappa shape index (κ3) is 6.18. The molecule has 0 bridgehead atoms. The van der Waals surface area contributed by atoms with Crippen LogP contribution in [0, 0.1) is 5.92 Å². The minimum atomic E-state index is 0.180. The minimum Gasteiger partial charge on any atom is -0.353 e. The van der Waals surface area contributed by atoms with Gasteiger partial charge in [0.05, 0.1) is 0 Å². The maximum absolute atomic E-state index is 12.0. The molecule has 1 aromatic carbocycles. The van der Waals surface area contributed by atoms with E-state index in [1.165, 1.54) is 18.4 Å². The van der Waals surface area contributed by atoms with Crippen LogP contribution in [0.3, 0.4) is 0 Å². The second-order valence-corrected chi connectivity index (χ2v) is 6.95. The molecular weight excluding hydrogens is 328 g/mol. The first-order chi connectivity index (χ1) is 10.1. The lowest BCUT2D eigenvalue weighted by molar-refractivity contribution is -0.122. The zero-order chi connectivity index (χ0) is 15.1. The molecule has 3 nitrogen and oxygen atoms in total. The first kappa shape index (κ1) is 16.5. The lowest BCUT2D eigenvalue weighted by atomic mass is 9.93. The Morgan fingerprint density at radius 3 is 2.90 bits per heavy atom. The first-order valence-electron chi connectivity index (χ1n) is 7.88. The zero-order valence-electron chi connectivity index (χ0n) is 12.7. The molecule has 1 unspecified atom stereocenters. The molecule has 1 fully saturated rings. The van der Waals surface area contributed by atoms with Crippen LogP contribution >= 0.6 is 15.9 Å². The van der Waals surface area contributed by atoms with Crippen molar-refractivity contribution in [1.82, 2.24) is 10.6 Å². The molecule has 4 heteroatoms. The molecule has 21 heavy (non-hydrogen) atoms. The summed E-state index contributed by atoms with van der Waals surface area (Å²) in [5.41, 5.74) is 1.25. The smallest absolute Gasteiger partial charge is 0.220 e. The molecule has 0 saturated carbocycles. The second kappa shape index (κ2) is 8.54. The summed E-state index contributed by atoms with van der Waals surface area (Å²) in [4.78, 5) is 12.0. The van der Waals surface area contributed by atoms with E-state index in [1.807, 2.05) is 12.1 Å². The Labute approximate surface area is 136 Å². The molecular formula is C17H25BrN2O. The summed E-state index contributed by atoms with van der Waals surface area (Å²) in [6.07, 6.45) is 4.98. The highest BCUT2D eigenvalue weighted by molar-refractivity contribution is 9.10. The number of carbonyl (C=O) groups excluding carboxylic acids is 1. The van der Waals surface area contributed by atoms with Gasteiger partial charge >= 0.3 is 0 Å². The topological polar surface area (TPSA) is 41.1 Å². The number of halogens is 1. The maximum atomic E-state index is 12.0. The van der Waals surface area contributed by atoms with Gasteiger partial charge in [0.1, 0.15) is 0 Å². The van der Waals surface area contributed by atoms with Crippen LogP contribution in [0.2, 0.25) is 0 Å². The molecule has 0 radical (unpaired) electrons. The Hall–Kier alpha value is -0.870. The van der Waals surface area contributed by atoms with Crippen molar-refractivity contribution in [2.45, 2.75) is 45.1 Å². The Morgan fingerprint density at radius 2 is 2.19 bits per heavy atom. The number of hydrogen-bond donors (Lipinski definition) is 2. The maximum Gasteiger partial charge on any atom is 0.220 e. The van der Waals surface area contributed by atoms with E-state index in [2.05, 4.69) is 45.6 Å². The Morgan fingerprint density at radius 1 is 1.43 bits per heavy atom. The number of nitrogens with one attached hydrogen (secondary N) is 2. The van der Waals surface area contributed by atoms with Gasteiger partial charge in [0, 0.05) is 16.9 Å². The average molecular weight is 353 g/mol. The van der Waals surface area contributed by atoms with Crippen LogP contribution in [0.4, 0.5) is 0 Å². The average Bonchev–Trinajstić information content (AvgIpc) is 2.46. The molecule has 1 aromatic rings. The van der Waals surface area contributed by atoms with Gasteiger partial charge in [-0.05, 0) is 69.3 Å². The quantitative estimate of drug-likeness (QED) is 0.824. The molecule has 2 rings (SSSR count). The highest BCUT2D eigenvalue weighted by atomic mass is 79.9. The van der Waals surface area contributed by atoms with Crippen molar-refractivity contribution in [3.8, 4) is 0 Å². The molecule has 0 aliphatic carbocycles. The summed E-state index contributed by atoms with van der Waals surface area (Å²) < 4.78 is 1.09. The fraction of sp³-hybridized carbons (Fsp3) is 0.588. The predicted octanol–water partition coefficient (Wildman–Crippen LogP) is 3.28. The van der Waals surface area contributed by atoms with E-state index in [0.29, 0.717) is 6.42 Å². The molecule has 0 aromatic heterocycles. The molecule has 2 N–H and O–H groups in total. The van der Waals surface area contributed by atoms with Gasteiger partial charge in [0.15, 0.2) is 0 Å². The molecule has 1 heterocycles. The number of hydrogen-bond acceptors (Lipinski definition) is 2. The van der Waals surface area contributed by atoms with Crippen molar-refractivity contribution < 1.29 is 4.79 Å². The van der Waals surface area contributed by atoms with E-state index >= 15 is 0 Å². The second-order valence-electron chi connectivity index (χ2n) is 6.03. The molecule has 1 amide bonds. The molecule has 1 atom stereocenters. The number of carbonyl (C=O) groups is 1. The van der Waals surface area contributed by atoms with Crippen LogP contribution in [-0.4, -0.2) is 25.0 Å². The number of rotatable bonds is 6. The van der Waals surface area contributed by atoms with Crippen molar-refractivity contribution in [1.29, 1.82) is 0 Å². The summed E-state index contributed by atoms with van der Waals surface area (Å²) in [5, 5.41) is 6.48. The van der Waals surface area contributed by atoms with Crippen molar-refractivity contribution in [2.24, 2.45) is 5.92 Å². The molecule has 1 aliphatic rings. The Bertz CT molecular complexity index is 458. The number of amides is 1. The minimum absolute atomic E-state index is 0.180. The van der Waals surface area contributed by atoms with Gasteiger partial charge in [0.2, 0.25) is 5.91 Å². The van der Waals surface area contributed by atoms with Gasteiger partial charge in [-0.15, -0.1) is 0 Å². The fourth-order valence-corrected chi connectivity index (χ4v) is 3.37. The van der Waals surface area contributed by atoms with Crippen LogP contribution in [0.5, 0.6) is 0 Å². The normalized spacial score (nSPS) is 17.4. The molecule has 116 valence electrons. The van der Waals surface area contributed by atoms with E-state index < -0.39 is 0 Å². The fourth-order valence-electron chi connectivity index (χ4n) is 2.92. The van der Waals surface area contributed by atoms with Crippen molar-refractivity contribution in [3.05, 3.63) is 34.3 Å². The van der Waals surface area contributed by atoms with Crippen molar-refractivity contribution >= 4 is 21.8 Å².